The highest BCUT2D eigenvalue weighted by Gasteiger charge is 1.95. The second-order valence-electron chi connectivity index (χ2n) is 2.31. The van der Waals surface area contributed by atoms with Crippen molar-refractivity contribution in [2.75, 3.05) is 6.61 Å². The van der Waals surface area contributed by atoms with Crippen molar-refractivity contribution in [2.24, 2.45) is 0 Å². The Kier molecular flexibility index (Phi) is 8.27. The normalized spacial score (nSPS) is 8.40. The smallest absolute Gasteiger partial charge is 0.303 e. The monoisotopic (exact) mass is 231 g/mol. The lowest BCUT2D eigenvalue weighted by Crippen LogP contribution is -1.98. The van der Waals surface area contributed by atoms with Gasteiger partial charge in [-0.05, 0) is 6.92 Å². The SMILES string of the molecule is CC(=O)OCc1cscn1.CCOC=O. The highest BCUT2D eigenvalue weighted by Crippen LogP contribution is 2.01. The molecule has 0 spiro atoms. The third-order valence-electron chi connectivity index (χ3n) is 1.14. The van der Waals surface area contributed by atoms with E-state index in [1.165, 1.54) is 18.3 Å². The number of nitrogens with zero attached hydrogens (tertiary/aromatic N) is 1. The molecule has 0 aliphatic carbocycles. The molecular weight excluding hydrogens is 218 g/mol. The van der Waals surface area contributed by atoms with E-state index in [1.807, 2.05) is 5.38 Å². The molecule has 0 saturated heterocycles. The zero-order chi connectivity index (χ0) is 11.5. The summed E-state index contributed by atoms with van der Waals surface area (Å²) in [4.78, 5) is 23.4. The number of thiazole rings is 1. The van der Waals surface area contributed by atoms with E-state index in [2.05, 4.69) is 9.72 Å². The Balaban J connectivity index is 0.000000336. The van der Waals surface area contributed by atoms with Crippen molar-refractivity contribution < 1.29 is 19.1 Å². The Morgan fingerprint density at radius 2 is 2.40 bits per heavy atom. The van der Waals surface area contributed by atoms with Crippen molar-refractivity contribution in [3.8, 4) is 0 Å². The molecule has 1 heterocycles. The summed E-state index contributed by atoms with van der Waals surface area (Å²) in [5.74, 6) is -0.270. The summed E-state index contributed by atoms with van der Waals surface area (Å²) in [5.41, 5.74) is 2.51. The van der Waals surface area contributed by atoms with Crippen LogP contribution < -0.4 is 0 Å². The van der Waals surface area contributed by atoms with E-state index < -0.39 is 0 Å². The van der Waals surface area contributed by atoms with Crippen LogP contribution in [-0.2, 0) is 25.7 Å². The maximum atomic E-state index is 10.3. The van der Waals surface area contributed by atoms with Crippen LogP contribution in [0, 0.1) is 0 Å². The number of esters is 1. The van der Waals surface area contributed by atoms with Gasteiger partial charge in [-0.25, -0.2) is 4.98 Å². The Bertz CT molecular complexity index is 274. The first-order chi connectivity index (χ1) is 7.20. The molecule has 1 aromatic rings. The van der Waals surface area contributed by atoms with Crippen LogP contribution in [0.5, 0.6) is 0 Å². The van der Waals surface area contributed by atoms with Crippen molar-refractivity contribution >= 4 is 23.8 Å². The molecule has 0 saturated carbocycles. The number of ether oxygens (including phenoxy) is 2. The summed E-state index contributed by atoms with van der Waals surface area (Å²) in [6.07, 6.45) is 0. The molecule has 15 heavy (non-hydrogen) atoms. The van der Waals surface area contributed by atoms with Crippen LogP contribution in [0.4, 0.5) is 0 Å². The van der Waals surface area contributed by atoms with Crippen molar-refractivity contribution in [2.45, 2.75) is 20.5 Å². The molecule has 0 radical (unpaired) electrons. The Labute approximate surface area is 92.0 Å². The largest absolute Gasteiger partial charge is 0.468 e. The predicted molar refractivity (Wildman–Crippen MR) is 55.3 cm³/mol. The van der Waals surface area contributed by atoms with Crippen molar-refractivity contribution in [3.63, 3.8) is 0 Å². The van der Waals surface area contributed by atoms with Gasteiger partial charge in [0.25, 0.3) is 6.47 Å². The van der Waals surface area contributed by atoms with Gasteiger partial charge in [0.05, 0.1) is 17.8 Å². The Morgan fingerprint density at radius 1 is 1.67 bits per heavy atom. The molecule has 0 N–H and O–H groups in total. The molecule has 5 nitrogen and oxygen atoms in total. The van der Waals surface area contributed by atoms with Crippen molar-refractivity contribution in [1.29, 1.82) is 0 Å². The average Bonchev–Trinajstić information content (AvgIpc) is 2.69. The topological polar surface area (TPSA) is 65.5 Å². The molecule has 0 fully saturated rings. The van der Waals surface area contributed by atoms with Gasteiger partial charge in [-0.2, -0.15) is 0 Å². The summed E-state index contributed by atoms with van der Waals surface area (Å²) in [5, 5.41) is 1.85. The molecule has 1 aromatic heterocycles. The number of hydrogen-bond donors (Lipinski definition) is 0. The molecule has 6 heteroatoms. The number of rotatable bonds is 4. The van der Waals surface area contributed by atoms with E-state index in [4.69, 9.17) is 4.74 Å². The minimum Gasteiger partial charge on any atom is -0.468 e. The first kappa shape index (κ1) is 13.6. The lowest BCUT2D eigenvalue weighted by atomic mass is 10.5. The van der Waals surface area contributed by atoms with Gasteiger partial charge in [-0.3, -0.25) is 9.59 Å². The molecule has 84 valence electrons. The first-order valence-electron chi connectivity index (χ1n) is 4.26. The molecule has 0 bridgehead atoms. The van der Waals surface area contributed by atoms with Crippen molar-refractivity contribution in [3.05, 3.63) is 16.6 Å². The molecule has 1 rings (SSSR count). The number of carbonyl (C=O) groups is 2. The maximum absolute atomic E-state index is 10.3. The average molecular weight is 231 g/mol. The van der Waals surface area contributed by atoms with Gasteiger partial charge in [0.1, 0.15) is 6.61 Å². The lowest BCUT2D eigenvalue weighted by molar-refractivity contribution is -0.142. The van der Waals surface area contributed by atoms with E-state index in [-0.39, 0.29) is 5.97 Å². The van der Waals surface area contributed by atoms with Gasteiger partial charge >= 0.3 is 5.97 Å². The summed E-state index contributed by atoms with van der Waals surface area (Å²) in [6, 6.07) is 0. The molecule has 0 unspecified atom stereocenters. The summed E-state index contributed by atoms with van der Waals surface area (Å²) in [7, 11) is 0. The zero-order valence-corrected chi connectivity index (χ0v) is 9.45. The highest BCUT2D eigenvalue weighted by atomic mass is 32.1. The second kappa shape index (κ2) is 9.14. The fourth-order valence-electron chi connectivity index (χ4n) is 0.552. The lowest BCUT2D eigenvalue weighted by Gasteiger charge is -1.95. The highest BCUT2D eigenvalue weighted by molar-refractivity contribution is 7.07. The van der Waals surface area contributed by atoms with Gasteiger partial charge in [-0.1, -0.05) is 0 Å². The number of hydrogen-bond acceptors (Lipinski definition) is 6. The van der Waals surface area contributed by atoms with Gasteiger partial charge in [-0.15, -0.1) is 11.3 Å². The van der Waals surface area contributed by atoms with Crippen molar-refractivity contribution in [1.82, 2.24) is 4.98 Å². The van der Waals surface area contributed by atoms with Crippen LogP contribution in [0.3, 0.4) is 0 Å². The molecule has 0 aromatic carbocycles. The minimum atomic E-state index is -0.270. The van der Waals surface area contributed by atoms with Crippen LogP contribution in [-0.4, -0.2) is 24.0 Å². The van der Waals surface area contributed by atoms with E-state index in [9.17, 15) is 9.59 Å². The molecular formula is C9H13NO4S. The fraction of sp³-hybridized carbons (Fsp3) is 0.444. The third kappa shape index (κ3) is 8.89. The Hall–Kier alpha value is -1.43. The molecule has 0 atom stereocenters. The minimum absolute atomic E-state index is 0.270. The van der Waals surface area contributed by atoms with E-state index >= 15 is 0 Å². The van der Waals surface area contributed by atoms with Gasteiger partial charge in [0.15, 0.2) is 0 Å². The van der Waals surface area contributed by atoms with Crippen LogP contribution >= 0.6 is 11.3 Å². The van der Waals surface area contributed by atoms with Crippen LogP contribution in [0.15, 0.2) is 10.9 Å². The maximum Gasteiger partial charge on any atom is 0.303 e. The van der Waals surface area contributed by atoms with E-state index in [0.29, 0.717) is 19.7 Å². The molecule has 0 aliphatic heterocycles. The van der Waals surface area contributed by atoms with Crippen LogP contribution in [0.2, 0.25) is 0 Å². The third-order valence-corrected chi connectivity index (χ3v) is 1.78. The van der Waals surface area contributed by atoms with Gasteiger partial charge < -0.3 is 9.47 Å². The number of carbonyl (C=O) groups excluding carboxylic acids is 2. The first-order valence-corrected chi connectivity index (χ1v) is 5.20. The quantitative estimate of drug-likeness (QED) is 0.578. The summed E-state index contributed by atoms with van der Waals surface area (Å²) >= 11 is 1.49. The second-order valence-corrected chi connectivity index (χ2v) is 3.03. The summed E-state index contributed by atoms with van der Waals surface area (Å²) in [6.45, 7) is 4.34. The van der Waals surface area contributed by atoms with E-state index in [0.717, 1.165) is 5.69 Å². The number of aromatic nitrogens is 1. The van der Waals surface area contributed by atoms with E-state index in [1.54, 1.807) is 12.4 Å². The van der Waals surface area contributed by atoms with Crippen LogP contribution in [0.25, 0.3) is 0 Å². The standard InChI is InChI=1S/C6H7NO2S.C3H6O2/c1-5(8)9-2-6-3-10-4-7-6;1-2-5-3-4/h3-4H,2H2,1H3;3H,2H2,1H3. The zero-order valence-electron chi connectivity index (χ0n) is 8.63. The predicted octanol–water partition coefficient (Wildman–Crippen LogP) is 1.39. The van der Waals surface area contributed by atoms with Crippen LogP contribution in [0.1, 0.15) is 19.5 Å². The van der Waals surface area contributed by atoms with Gasteiger partial charge in [0, 0.05) is 12.3 Å². The van der Waals surface area contributed by atoms with Gasteiger partial charge in [0.2, 0.25) is 0 Å². The fourth-order valence-corrected chi connectivity index (χ4v) is 1.10. The molecule has 0 amide bonds. The molecule has 0 aliphatic rings. The Morgan fingerprint density at radius 3 is 2.73 bits per heavy atom. The summed E-state index contributed by atoms with van der Waals surface area (Å²) < 4.78 is 8.84.